The zero-order chi connectivity index (χ0) is 28.8. The molecular weight excluding hydrogens is 520 g/mol. The van der Waals surface area contributed by atoms with E-state index >= 15 is 0 Å². The quantitative estimate of drug-likeness (QED) is 0.204. The minimum absolute atomic E-state index is 0.877. The number of aryl methyl sites for hydroxylation is 1. The van der Waals surface area contributed by atoms with Gasteiger partial charge in [0.05, 0.1) is 17.1 Å². The van der Waals surface area contributed by atoms with Crippen LogP contribution in [0.2, 0.25) is 0 Å². The maximum atomic E-state index is 5.03. The summed E-state index contributed by atoms with van der Waals surface area (Å²) in [6.45, 7) is 2.01. The van der Waals surface area contributed by atoms with Gasteiger partial charge in [-0.1, -0.05) is 115 Å². The SMILES string of the molecule is Cc1cccc(-c2cccc(-c3cccc(-c4c5ccccc5c(-c5ccc6ccccc6c5)c5ccccc45)c3)n2)n1. The van der Waals surface area contributed by atoms with Crippen molar-refractivity contribution in [3.05, 3.63) is 157 Å². The molecule has 6 aromatic carbocycles. The highest BCUT2D eigenvalue weighted by Crippen LogP contribution is 2.44. The lowest BCUT2D eigenvalue weighted by atomic mass is 9.85. The second kappa shape index (κ2) is 10.3. The summed E-state index contributed by atoms with van der Waals surface area (Å²) in [4.78, 5) is 9.73. The molecule has 0 aliphatic heterocycles. The summed E-state index contributed by atoms with van der Waals surface area (Å²) < 4.78 is 0. The fourth-order valence-corrected chi connectivity index (χ4v) is 6.35. The molecule has 0 unspecified atom stereocenters. The molecule has 0 aliphatic rings. The first kappa shape index (κ1) is 25.1. The van der Waals surface area contributed by atoms with Gasteiger partial charge in [0.15, 0.2) is 0 Å². The molecule has 0 N–H and O–H groups in total. The summed E-state index contributed by atoms with van der Waals surface area (Å²) in [6, 6.07) is 54.1. The molecule has 0 aliphatic carbocycles. The van der Waals surface area contributed by atoms with Crippen molar-refractivity contribution in [2.45, 2.75) is 6.92 Å². The van der Waals surface area contributed by atoms with Crippen LogP contribution in [0.3, 0.4) is 0 Å². The number of hydrogen-bond donors (Lipinski definition) is 0. The topological polar surface area (TPSA) is 25.8 Å². The van der Waals surface area contributed by atoms with Crippen molar-refractivity contribution in [3.63, 3.8) is 0 Å². The zero-order valence-corrected chi connectivity index (χ0v) is 23.8. The highest BCUT2D eigenvalue weighted by molar-refractivity contribution is 6.21. The van der Waals surface area contributed by atoms with E-state index in [0.29, 0.717) is 0 Å². The van der Waals surface area contributed by atoms with Gasteiger partial charge in [-0.2, -0.15) is 0 Å². The van der Waals surface area contributed by atoms with E-state index in [4.69, 9.17) is 9.97 Å². The predicted octanol–water partition coefficient (Wildman–Crippen LogP) is 10.9. The third-order valence-electron chi connectivity index (χ3n) is 8.32. The Labute approximate surface area is 251 Å². The fraction of sp³-hybridized carbons (Fsp3) is 0.0244. The largest absolute Gasteiger partial charge is 0.251 e. The van der Waals surface area contributed by atoms with Crippen LogP contribution in [0.4, 0.5) is 0 Å². The van der Waals surface area contributed by atoms with Crippen LogP contribution in [0, 0.1) is 6.92 Å². The molecule has 0 bridgehead atoms. The Hall–Kier alpha value is -5.60. The Morgan fingerprint density at radius 2 is 0.860 bits per heavy atom. The van der Waals surface area contributed by atoms with Crippen molar-refractivity contribution in [2.24, 2.45) is 0 Å². The van der Waals surface area contributed by atoms with Crippen LogP contribution in [0.5, 0.6) is 0 Å². The van der Waals surface area contributed by atoms with Crippen LogP contribution < -0.4 is 0 Å². The number of benzene rings is 6. The van der Waals surface area contributed by atoms with Gasteiger partial charge in [-0.25, -0.2) is 4.98 Å². The molecule has 0 radical (unpaired) electrons. The lowest BCUT2D eigenvalue weighted by Crippen LogP contribution is -1.93. The summed E-state index contributed by atoms with van der Waals surface area (Å²) >= 11 is 0. The average molecular weight is 549 g/mol. The van der Waals surface area contributed by atoms with E-state index in [1.54, 1.807) is 0 Å². The number of nitrogens with zero attached hydrogens (tertiary/aromatic N) is 2. The van der Waals surface area contributed by atoms with Crippen LogP contribution >= 0.6 is 0 Å². The third kappa shape index (κ3) is 4.45. The van der Waals surface area contributed by atoms with Gasteiger partial charge in [0.2, 0.25) is 0 Å². The molecule has 43 heavy (non-hydrogen) atoms. The van der Waals surface area contributed by atoms with Crippen LogP contribution in [0.15, 0.2) is 152 Å². The summed E-state index contributed by atoms with van der Waals surface area (Å²) in [5, 5.41) is 7.49. The molecule has 2 nitrogen and oxygen atoms in total. The molecule has 8 rings (SSSR count). The zero-order valence-electron chi connectivity index (χ0n) is 23.8. The van der Waals surface area contributed by atoms with Gasteiger partial charge < -0.3 is 0 Å². The Balaban J connectivity index is 1.34. The number of rotatable bonds is 4. The number of fused-ring (bicyclic) bond motifs is 3. The van der Waals surface area contributed by atoms with E-state index in [2.05, 4.69) is 127 Å². The van der Waals surface area contributed by atoms with E-state index in [9.17, 15) is 0 Å². The standard InChI is InChI=1S/C41H28N2/c1-27-11-8-21-38(42-27)39-22-10-20-37(43-39)30-14-9-15-31(26-30)40-33-16-4-6-18-35(33)41(36-19-7-5-17-34(36)40)32-24-23-28-12-2-3-13-29(28)25-32/h2-26H,1H3. The molecule has 0 saturated carbocycles. The van der Waals surface area contributed by atoms with Gasteiger partial charge in [-0.3, -0.25) is 4.98 Å². The molecule has 202 valence electrons. The van der Waals surface area contributed by atoms with Crippen molar-refractivity contribution in [3.8, 4) is 44.9 Å². The molecule has 0 fully saturated rings. The lowest BCUT2D eigenvalue weighted by molar-refractivity contribution is 1.18. The van der Waals surface area contributed by atoms with E-state index in [1.807, 2.05) is 31.2 Å². The first-order valence-corrected chi connectivity index (χ1v) is 14.7. The Bertz CT molecular complexity index is 2260. The first-order valence-electron chi connectivity index (χ1n) is 14.7. The molecule has 2 heterocycles. The Morgan fingerprint density at radius 1 is 0.349 bits per heavy atom. The molecule has 0 spiro atoms. The average Bonchev–Trinajstić information content (AvgIpc) is 3.07. The summed E-state index contributed by atoms with van der Waals surface area (Å²) in [5.41, 5.74) is 9.70. The first-order chi connectivity index (χ1) is 21.2. The molecular formula is C41H28N2. The molecule has 8 aromatic rings. The van der Waals surface area contributed by atoms with E-state index < -0.39 is 0 Å². The van der Waals surface area contributed by atoms with Gasteiger partial charge in [-0.05, 0) is 97.9 Å². The van der Waals surface area contributed by atoms with Crippen LogP contribution in [-0.4, -0.2) is 9.97 Å². The number of pyridine rings is 2. The van der Waals surface area contributed by atoms with Gasteiger partial charge in [-0.15, -0.1) is 0 Å². The van der Waals surface area contributed by atoms with E-state index in [-0.39, 0.29) is 0 Å². The maximum Gasteiger partial charge on any atom is 0.0893 e. The van der Waals surface area contributed by atoms with E-state index in [1.165, 1.54) is 54.6 Å². The second-order valence-corrected chi connectivity index (χ2v) is 11.1. The number of hydrogen-bond acceptors (Lipinski definition) is 2. The summed E-state index contributed by atoms with van der Waals surface area (Å²) in [6.07, 6.45) is 0. The lowest BCUT2D eigenvalue weighted by Gasteiger charge is -2.18. The van der Waals surface area contributed by atoms with Gasteiger partial charge in [0, 0.05) is 11.3 Å². The Kier molecular flexibility index (Phi) is 6.05. The van der Waals surface area contributed by atoms with Crippen molar-refractivity contribution < 1.29 is 0 Å². The normalized spacial score (nSPS) is 11.4. The van der Waals surface area contributed by atoms with Crippen LogP contribution in [0.25, 0.3) is 77.2 Å². The van der Waals surface area contributed by atoms with Crippen molar-refractivity contribution in [1.82, 2.24) is 9.97 Å². The van der Waals surface area contributed by atoms with Crippen molar-refractivity contribution in [1.29, 1.82) is 0 Å². The minimum atomic E-state index is 0.877. The van der Waals surface area contributed by atoms with E-state index in [0.717, 1.165) is 28.3 Å². The highest BCUT2D eigenvalue weighted by atomic mass is 14.8. The van der Waals surface area contributed by atoms with Crippen molar-refractivity contribution in [2.75, 3.05) is 0 Å². The molecule has 0 atom stereocenters. The predicted molar refractivity (Wildman–Crippen MR) is 181 cm³/mol. The summed E-state index contributed by atoms with van der Waals surface area (Å²) in [7, 11) is 0. The second-order valence-electron chi connectivity index (χ2n) is 11.1. The Morgan fingerprint density at radius 3 is 1.53 bits per heavy atom. The van der Waals surface area contributed by atoms with Gasteiger partial charge in [0.25, 0.3) is 0 Å². The maximum absolute atomic E-state index is 5.03. The monoisotopic (exact) mass is 548 g/mol. The van der Waals surface area contributed by atoms with Crippen LogP contribution in [-0.2, 0) is 0 Å². The molecule has 2 heteroatoms. The van der Waals surface area contributed by atoms with Gasteiger partial charge >= 0.3 is 0 Å². The van der Waals surface area contributed by atoms with Crippen LogP contribution in [0.1, 0.15) is 5.69 Å². The highest BCUT2D eigenvalue weighted by Gasteiger charge is 2.17. The fourth-order valence-electron chi connectivity index (χ4n) is 6.35. The molecule has 0 saturated heterocycles. The minimum Gasteiger partial charge on any atom is -0.251 e. The molecule has 2 aromatic heterocycles. The van der Waals surface area contributed by atoms with Crippen molar-refractivity contribution >= 4 is 32.3 Å². The smallest absolute Gasteiger partial charge is 0.0893 e. The number of aromatic nitrogens is 2. The third-order valence-corrected chi connectivity index (χ3v) is 8.32. The summed E-state index contributed by atoms with van der Waals surface area (Å²) in [5.74, 6) is 0. The van der Waals surface area contributed by atoms with Gasteiger partial charge in [0.1, 0.15) is 0 Å². The molecule has 0 amide bonds.